The summed E-state index contributed by atoms with van der Waals surface area (Å²) in [4.78, 5) is 10.5. The maximum atomic E-state index is 10.5. The first kappa shape index (κ1) is 20.3. The number of carboxylic acids is 1. The predicted molar refractivity (Wildman–Crippen MR) is 109 cm³/mol. The van der Waals surface area contributed by atoms with Gasteiger partial charge >= 0.3 is 5.97 Å². The highest BCUT2D eigenvalue weighted by Crippen LogP contribution is 2.46. The van der Waals surface area contributed by atoms with Gasteiger partial charge in [-0.2, -0.15) is 11.8 Å². The Bertz CT molecular complexity index is 604. The van der Waals surface area contributed by atoms with Gasteiger partial charge in [0.25, 0.3) is 0 Å². The molecule has 0 aliphatic carbocycles. The van der Waals surface area contributed by atoms with E-state index in [2.05, 4.69) is 0 Å². The van der Waals surface area contributed by atoms with E-state index in [-0.39, 0.29) is 0 Å². The summed E-state index contributed by atoms with van der Waals surface area (Å²) >= 11 is 1.98. The van der Waals surface area contributed by atoms with E-state index >= 15 is 0 Å². The zero-order chi connectivity index (χ0) is 18.9. The first-order valence-corrected chi connectivity index (χ1v) is 11.2. The molecule has 0 unspecified atom stereocenters. The van der Waals surface area contributed by atoms with E-state index < -0.39 is 5.97 Å². The van der Waals surface area contributed by atoms with Crippen LogP contribution in [0.3, 0.4) is 0 Å². The molecule has 1 aromatic rings. The van der Waals surface area contributed by atoms with Gasteiger partial charge in [-0.05, 0) is 61.8 Å². The fraction of sp³-hybridized carbons (Fsp3) is 0.591. The summed E-state index contributed by atoms with van der Waals surface area (Å²) in [5.74, 6) is 3.59. The van der Waals surface area contributed by atoms with Gasteiger partial charge in [0.15, 0.2) is 0 Å². The molecule has 27 heavy (non-hydrogen) atoms. The van der Waals surface area contributed by atoms with Gasteiger partial charge in [-0.1, -0.05) is 30.7 Å². The van der Waals surface area contributed by atoms with Gasteiger partial charge in [0.2, 0.25) is 0 Å². The van der Waals surface area contributed by atoms with E-state index in [1.807, 2.05) is 42.1 Å². The van der Waals surface area contributed by atoms with Crippen LogP contribution < -0.4 is 4.74 Å². The standard InChI is InChI=1S/C22H30O4S/c23-22(24)11-7-2-1-6-10-18-19(21-13-12-20(18)26-21)16-27-15-14-25-17-8-4-3-5-9-17/h3-5,7-9,11,18-21H,1-2,6,10,12-16H2,(H,23,24)/b11-7+/t18-,19+,20-,21+/m0/s1. The van der Waals surface area contributed by atoms with Crippen LogP contribution in [-0.4, -0.2) is 41.4 Å². The third-order valence-electron chi connectivity index (χ3n) is 5.56. The van der Waals surface area contributed by atoms with Crippen LogP contribution in [0.2, 0.25) is 0 Å². The SMILES string of the molecule is O=C(O)/C=C/CCCC[C@H]1[C@@H](CSCCOc2ccccc2)[C@H]2CC[C@@H]1O2. The minimum Gasteiger partial charge on any atom is -0.493 e. The lowest BCUT2D eigenvalue weighted by Crippen LogP contribution is -2.29. The van der Waals surface area contributed by atoms with E-state index in [9.17, 15) is 4.79 Å². The largest absolute Gasteiger partial charge is 0.493 e. The molecule has 2 fully saturated rings. The maximum Gasteiger partial charge on any atom is 0.327 e. The molecule has 0 spiro atoms. The quantitative estimate of drug-likeness (QED) is 0.411. The second-order valence-electron chi connectivity index (χ2n) is 7.38. The Morgan fingerprint density at radius 1 is 1.19 bits per heavy atom. The molecule has 0 radical (unpaired) electrons. The summed E-state index contributed by atoms with van der Waals surface area (Å²) in [6.07, 6.45) is 10.6. The number of para-hydroxylation sites is 1. The molecule has 3 rings (SSSR count). The fourth-order valence-electron chi connectivity index (χ4n) is 4.28. The summed E-state index contributed by atoms with van der Waals surface area (Å²) < 4.78 is 12.0. The Morgan fingerprint density at radius 2 is 1.96 bits per heavy atom. The van der Waals surface area contributed by atoms with Crippen molar-refractivity contribution in [3.05, 3.63) is 42.5 Å². The van der Waals surface area contributed by atoms with Gasteiger partial charge in [0.1, 0.15) is 5.75 Å². The lowest BCUT2D eigenvalue weighted by atomic mass is 9.77. The zero-order valence-electron chi connectivity index (χ0n) is 15.8. The molecule has 2 bridgehead atoms. The van der Waals surface area contributed by atoms with E-state index in [4.69, 9.17) is 14.6 Å². The van der Waals surface area contributed by atoms with Crippen LogP contribution in [0.25, 0.3) is 0 Å². The van der Waals surface area contributed by atoms with Gasteiger partial charge in [0.05, 0.1) is 18.8 Å². The summed E-state index contributed by atoms with van der Waals surface area (Å²) in [5.41, 5.74) is 0. The van der Waals surface area contributed by atoms with Crippen LogP contribution in [0.5, 0.6) is 5.75 Å². The second kappa shape index (κ2) is 10.8. The second-order valence-corrected chi connectivity index (χ2v) is 8.53. The number of rotatable bonds is 12. The topological polar surface area (TPSA) is 55.8 Å². The van der Waals surface area contributed by atoms with E-state index in [0.717, 1.165) is 43.1 Å². The lowest BCUT2D eigenvalue weighted by molar-refractivity contribution is -0.131. The van der Waals surface area contributed by atoms with Crippen molar-refractivity contribution < 1.29 is 19.4 Å². The summed E-state index contributed by atoms with van der Waals surface area (Å²) in [6.45, 7) is 0.747. The first-order chi connectivity index (χ1) is 13.2. The molecule has 0 aromatic heterocycles. The minimum atomic E-state index is -0.857. The van der Waals surface area contributed by atoms with Crippen molar-refractivity contribution in [2.75, 3.05) is 18.1 Å². The molecule has 2 heterocycles. The van der Waals surface area contributed by atoms with Crippen LogP contribution in [0.4, 0.5) is 0 Å². The Hall–Kier alpha value is -1.46. The molecule has 2 saturated heterocycles. The van der Waals surface area contributed by atoms with Gasteiger partial charge in [-0.15, -0.1) is 0 Å². The highest BCUT2D eigenvalue weighted by molar-refractivity contribution is 7.99. The average Bonchev–Trinajstić information content (AvgIpc) is 3.27. The Labute approximate surface area is 166 Å². The van der Waals surface area contributed by atoms with E-state index in [1.54, 1.807) is 6.08 Å². The Balaban J connectivity index is 1.33. The molecule has 0 amide bonds. The number of hydrogen-bond acceptors (Lipinski definition) is 4. The molecule has 4 nitrogen and oxygen atoms in total. The Kier molecular flexibility index (Phi) is 8.09. The number of thioether (sulfide) groups is 1. The molecular formula is C22H30O4S. The zero-order valence-corrected chi connectivity index (χ0v) is 16.6. The molecule has 148 valence electrons. The summed E-state index contributed by atoms with van der Waals surface area (Å²) in [5, 5.41) is 8.62. The number of carboxylic acid groups (broad SMARTS) is 1. The molecule has 0 saturated carbocycles. The number of ether oxygens (including phenoxy) is 2. The first-order valence-electron chi connectivity index (χ1n) is 10.0. The van der Waals surface area contributed by atoms with Crippen molar-refractivity contribution in [2.45, 2.75) is 50.7 Å². The molecule has 1 N–H and O–H groups in total. The highest BCUT2D eigenvalue weighted by Gasteiger charge is 2.47. The van der Waals surface area contributed by atoms with Crippen molar-refractivity contribution in [2.24, 2.45) is 11.8 Å². The summed E-state index contributed by atoms with van der Waals surface area (Å²) in [7, 11) is 0. The van der Waals surface area contributed by atoms with Crippen LogP contribution in [0.15, 0.2) is 42.5 Å². The number of hydrogen-bond donors (Lipinski definition) is 1. The Morgan fingerprint density at radius 3 is 2.74 bits per heavy atom. The third kappa shape index (κ3) is 6.28. The van der Waals surface area contributed by atoms with Crippen molar-refractivity contribution in [1.29, 1.82) is 0 Å². The molecule has 2 aliphatic rings. The number of benzene rings is 1. The monoisotopic (exact) mass is 390 g/mol. The molecule has 1 aromatic carbocycles. The van der Waals surface area contributed by atoms with Crippen LogP contribution >= 0.6 is 11.8 Å². The number of fused-ring (bicyclic) bond motifs is 2. The average molecular weight is 391 g/mol. The number of allylic oxidation sites excluding steroid dienone is 1. The van der Waals surface area contributed by atoms with Gasteiger partial charge < -0.3 is 14.6 Å². The van der Waals surface area contributed by atoms with Crippen LogP contribution in [0, 0.1) is 11.8 Å². The van der Waals surface area contributed by atoms with Gasteiger partial charge in [-0.25, -0.2) is 4.79 Å². The number of unbranched alkanes of at least 4 members (excludes halogenated alkanes) is 2. The molecule has 4 atom stereocenters. The highest BCUT2D eigenvalue weighted by atomic mass is 32.2. The molecular weight excluding hydrogens is 360 g/mol. The van der Waals surface area contributed by atoms with Crippen molar-refractivity contribution in [1.82, 2.24) is 0 Å². The van der Waals surface area contributed by atoms with Crippen molar-refractivity contribution in [3.63, 3.8) is 0 Å². The smallest absolute Gasteiger partial charge is 0.327 e. The van der Waals surface area contributed by atoms with E-state index in [0.29, 0.717) is 24.0 Å². The maximum absolute atomic E-state index is 10.5. The van der Waals surface area contributed by atoms with Gasteiger partial charge in [0, 0.05) is 11.8 Å². The number of carbonyl (C=O) groups is 1. The van der Waals surface area contributed by atoms with Crippen LogP contribution in [-0.2, 0) is 9.53 Å². The fourth-order valence-corrected chi connectivity index (χ4v) is 5.38. The molecule has 2 aliphatic heterocycles. The van der Waals surface area contributed by atoms with Crippen molar-refractivity contribution in [3.8, 4) is 5.75 Å². The normalized spacial score (nSPS) is 26.7. The van der Waals surface area contributed by atoms with Crippen LogP contribution in [0.1, 0.15) is 38.5 Å². The number of aliphatic carboxylic acids is 1. The molecule has 5 heteroatoms. The van der Waals surface area contributed by atoms with Crippen molar-refractivity contribution >= 4 is 17.7 Å². The third-order valence-corrected chi connectivity index (χ3v) is 6.63. The lowest BCUT2D eigenvalue weighted by Gasteiger charge is -2.27. The predicted octanol–water partition coefficient (Wildman–Crippen LogP) is 4.79. The summed E-state index contributed by atoms with van der Waals surface area (Å²) in [6, 6.07) is 9.99. The van der Waals surface area contributed by atoms with E-state index in [1.165, 1.54) is 25.3 Å². The van der Waals surface area contributed by atoms with Gasteiger partial charge in [-0.3, -0.25) is 0 Å². The minimum absolute atomic E-state index is 0.453.